The summed E-state index contributed by atoms with van der Waals surface area (Å²) in [6, 6.07) is 11.8. The zero-order chi connectivity index (χ0) is 9.97. The molecule has 14 heavy (non-hydrogen) atoms. The summed E-state index contributed by atoms with van der Waals surface area (Å²) in [5, 5.41) is 11.2. The molecule has 0 atom stereocenters. The molecule has 2 aromatic rings. The van der Waals surface area contributed by atoms with E-state index in [0.29, 0.717) is 0 Å². The Morgan fingerprint density at radius 3 is 2.57 bits per heavy atom. The van der Waals surface area contributed by atoms with Crippen LogP contribution in [0.15, 0.2) is 36.4 Å². The SMILES string of the molecule is COc1ccc2ccc(CO)cc2c1. The molecular formula is C12H12O2. The summed E-state index contributed by atoms with van der Waals surface area (Å²) in [6.07, 6.45) is 0. The van der Waals surface area contributed by atoms with Crippen molar-refractivity contribution in [2.75, 3.05) is 7.11 Å². The molecule has 2 aromatic carbocycles. The van der Waals surface area contributed by atoms with Crippen LogP contribution < -0.4 is 4.74 Å². The molecule has 0 fully saturated rings. The van der Waals surface area contributed by atoms with Gasteiger partial charge in [0.1, 0.15) is 5.75 Å². The Kier molecular flexibility index (Phi) is 2.37. The minimum Gasteiger partial charge on any atom is -0.497 e. The summed E-state index contributed by atoms with van der Waals surface area (Å²) in [7, 11) is 1.65. The summed E-state index contributed by atoms with van der Waals surface area (Å²) >= 11 is 0. The predicted molar refractivity (Wildman–Crippen MR) is 56.4 cm³/mol. The number of aliphatic hydroxyl groups excluding tert-OH is 1. The van der Waals surface area contributed by atoms with Crippen LogP contribution in [0.3, 0.4) is 0 Å². The van der Waals surface area contributed by atoms with Gasteiger partial charge in [0.25, 0.3) is 0 Å². The zero-order valence-electron chi connectivity index (χ0n) is 8.03. The molecule has 0 saturated heterocycles. The van der Waals surface area contributed by atoms with Crippen LogP contribution in [-0.4, -0.2) is 12.2 Å². The third-order valence-corrected chi connectivity index (χ3v) is 2.29. The van der Waals surface area contributed by atoms with Gasteiger partial charge in [-0.05, 0) is 34.5 Å². The minimum atomic E-state index is 0.0765. The molecule has 2 heteroatoms. The highest BCUT2D eigenvalue weighted by molar-refractivity contribution is 5.84. The van der Waals surface area contributed by atoms with E-state index in [1.165, 1.54) is 0 Å². The molecule has 0 spiro atoms. The van der Waals surface area contributed by atoms with Gasteiger partial charge in [-0.15, -0.1) is 0 Å². The van der Waals surface area contributed by atoms with Crippen molar-refractivity contribution in [3.63, 3.8) is 0 Å². The van der Waals surface area contributed by atoms with Crippen molar-refractivity contribution in [2.45, 2.75) is 6.61 Å². The van der Waals surface area contributed by atoms with Crippen molar-refractivity contribution in [3.05, 3.63) is 42.0 Å². The zero-order valence-corrected chi connectivity index (χ0v) is 8.03. The van der Waals surface area contributed by atoms with Gasteiger partial charge in [0.15, 0.2) is 0 Å². The molecule has 0 aliphatic heterocycles. The van der Waals surface area contributed by atoms with Gasteiger partial charge in [-0.3, -0.25) is 0 Å². The smallest absolute Gasteiger partial charge is 0.119 e. The van der Waals surface area contributed by atoms with Crippen molar-refractivity contribution < 1.29 is 9.84 Å². The third kappa shape index (κ3) is 1.56. The molecule has 0 aliphatic carbocycles. The highest BCUT2D eigenvalue weighted by Crippen LogP contribution is 2.21. The lowest BCUT2D eigenvalue weighted by Gasteiger charge is -2.03. The Labute approximate surface area is 82.8 Å². The van der Waals surface area contributed by atoms with Crippen molar-refractivity contribution in [3.8, 4) is 5.75 Å². The molecule has 0 unspecified atom stereocenters. The summed E-state index contributed by atoms with van der Waals surface area (Å²) < 4.78 is 5.13. The number of rotatable bonds is 2. The minimum absolute atomic E-state index is 0.0765. The van der Waals surface area contributed by atoms with Gasteiger partial charge in [-0.1, -0.05) is 18.2 Å². The van der Waals surface area contributed by atoms with Gasteiger partial charge in [-0.25, -0.2) is 0 Å². The van der Waals surface area contributed by atoms with Gasteiger partial charge in [-0.2, -0.15) is 0 Å². The Bertz CT molecular complexity index is 410. The second-order valence-electron chi connectivity index (χ2n) is 3.21. The van der Waals surface area contributed by atoms with Crippen LogP contribution in [0, 0.1) is 0 Å². The molecular weight excluding hydrogens is 176 g/mol. The second-order valence-corrected chi connectivity index (χ2v) is 3.21. The topological polar surface area (TPSA) is 29.5 Å². The standard InChI is InChI=1S/C12H12O2/c1-14-12-5-4-10-3-2-9(8-13)6-11(10)7-12/h2-7,13H,8H2,1H3. The largest absolute Gasteiger partial charge is 0.497 e. The summed E-state index contributed by atoms with van der Waals surface area (Å²) in [5.74, 6) is 0.840. The number of fused-ring (bicyclic) bond motifs is 1. The van der Waals surface area contributed by atoms with E-state index in [1.54, 1.807) is 7.11 Å². The third-order valence-electron chi connectivity index (χ3n) is 2.29. The van der Waals surface area contributed by atoms with Crippen LogP contribution in [-0.2, 0) is 6.61 Å². The van der Waals surface area contributed by atoms with Crippen molar-refractivity contribution in [2.24, 2.45) is 0 Å². The lowest BCUT2D eigenvalue weighted by atomic mass is 10.1. The molecule has 0 radical (unpaired) electrons. The lowest BCUT2D eigenvalue weighted by molar-refractivity contribution is 0.282. The summed E-state index contributed by atoms with van der Waals surface area (Å²) in [4.78, 5) is 0. The molecule has 0 aliphatic rings. The second kappa shape index (κ2) is 3.68. The molecule has 0 bridgehead atoms. The Hall–Kier alpha value is -1.54. The normalized spacial score (nSPS) is 10.4. The Balaban J connectivity index is 2.60. The molecule has 72 valence electrons. The van der Waals surface area contributed by atoms with Gasteiger partial charge >= 0.3 is 0 Å². The maximum atomic E-state index is 8.99. The van der Waals surface area contributed by atoms with Crippen molar-refractivity contribution in [1.29, 1.82) is 0 Å². The fourth-order valence-electron chi connectivity index (χ4n) is 1.50. The van der Waals surface area contributed by atoms with Crippen molar-refractivity contribution >= 4 is 10.8 Å². The summed E-state index contributed by atoms with van der Waals surface area (Å²) in [6.45, 7) is 0.0765. The van der Waals surface area contributed by atoms with Gasteiger partial charge < -0.3 is 9.84 Å². The van der Waals surface area contributed by atoms with E-state index in [2.05, 4.69) is 0 Å². The Morgan fingerprint density at radius 1 is 1.07 bits per heavy atom. The van der Waals surface area contributed by atoms with E-state index < -0.39 is 0 Å². The van der Waals surface area contributed by atoms with Crippen molar-refractivity contribution in [1.82, 2.24) is 0 Å². The molecule has 0 heterocycles. The van der Waals surface area contributed by atoms with Gasteiger partial charge in [0.05, 0.1) is 13.7 Å². The van der Waals surface area contributed by atoms with E-state index in [9.17, 15) is 0 Å². The van der Waals surface area contributed by atoms with E-state index in [0.717, 1.165) is 22.1 Å². The fourth-order valence-corrected chi connectivity index (χ4v) is 1.50. The lowest BCUT2D eigenvalue weighted by Crippen LogP contribution is -1.85. The average molecular weight is 188 g/mol. The maximum absolute atomic E-state index is 8.99. The quantitative estimate of drug-likeness (QED) is 0.783. The first-order chi connectivity index (χ1) is 6.83. The molecule has 0 amide bonds. The van der Waals surface area contributed by atoms with E-state index in [-0.39, 0.29) is 6.61 Å². The molecule has 1 N–H and O–H groups in total. The van der Waals surface area contributed by atoms with Crippen LogP contribution in [0.5, 0.6) is 5.75 Å². The van der Waals surface area contributed by atoms with E-state index in [1.807, 2.05) is 36.4 Å². The van der Waals surface area contributed by atoms with Crippen LogP contribution in [0.4, 0.5) is 0 Å². The predicted octanol–water partition coefficient (Wildman–Crippen LogP) is 2.34. The number of ether oxygens (including phenoxy) is 1. The van der Waals surface area contributed by atoms with Crippen LogP contribution >= 0.6 is 0 Å². The summed E-state index contributed by atoms with van der Waals surface area (Å²) in [5.41, 5.74) is 0.922. The first-order valence-electron chi connectivity index (χ1n) is 4.51. The van der Waals surface area contributed by atoms with E-state index >= 15 is 0 Å². The monoisotopic (exact) mass is 188 g/mol. The number of hydrogen-bond acceptors (Lipinski definition) is 2. The first-order valence-corrected chi connectivity index (χ1v) is 4.51. The maximum Gasteiger partial charge on any atom is 0.119 e. The van der Waals surface area contributed by atoms with Gasteiger partial charge in [0, 0.05) is 0 Å². The first kappa shape index (κ1) is 9.03. The number of benzene rings is 2. The number of aliphatic hydroxyl groups is 1. The molecule has 2 rings (SSSR count). The average Bonchev–Trinajstić information content (AvgIpc) is 2.27. The fraction of sp³-hybridized carbons (Fsp3) is 0.167. The highest BCUT2D eigenvalue weighted by Gasteiger charge is 1.97. The van der Waals surface area contributed by atoms with Crippen LogP contribution in [0.25, 0.3) is 10.8 Å². The van der Waals surface area contributed by atoms with E-state index in [4.69, 9.17) is 9.84 Å². The number of hydrogen-bond donors (Lipinski definition) is 1. The Morgan fingerprint density at radius 2 is 1.86 bits per heavy atom. The van der Waals surface area contributed by atoms with Crippen LogP contribution in [0.1, 0.15) is 5.56 Å². The molecule has 0 saturated carbocycles. The van der Waals surface area contributed by atoms with Crippen LogP contribution in [0.2, 0.25) is 0 Å². The number of methoxy groups -OCH3 is 1. The molecule has 2 nitrogen and oxygen atoms in total. The molecule has 0 aromatic heterocycles. The highest BCUT2D eigenvalue weighted by atomic mass is 16.5. The van der Waals surface area contributed by atoms with Gasteiger partial charge in [0.2, 0.25) is 0 Å².